The number of nitrogens with zero attached hydrogens (tertiary/aromatic N) is 1. The number of aliphatic carboxylic acids is 1. The summed E-state index contributed by atoms with van der Waals surface area (Å²) in [5, 5.41) is 9.17. The number of likely N-dealkylation sites (tertiary alicyclic amines) is 1. The van der Waals surface area contributed by atoms with E-state index in [0.717, 1.165) is 31.8 Å². The zero-order valence-corrected chi connectivity index (χ0v) is 12.3. The molecule has 0 radical (unpaired) electrons. The van der Waals surface area contributed by atoms with Crippen molar-refractivity contribution < 1.29 is 9.90 Å². The SMILES string of the molecule is CC1CCC(C(=O)O)CN1CCC1CCCCCC1. The summed E-state index contributed by atoms with van der Waals surface area (Å²) in [5.74, 6) is 0.150. The first kappa shape index (κ1) is 14.8. The number of hydrogen-bond donors (Lipinski definition) is 1. The fourth-order valence-corrected chi connectivity index (χ4v) is 3.69. The van der Waals surface area contributed by atoms with E-state index in [1.807, 2.05) is 0 Å². The Morgan fingerprint density at radius 1 is 1.11 bits per heavy atom. The quantitative estimate of drug-likeness (QED) is 0.792. The maximum absolute atomic E-state index is 11.1. The van der Waals surface area contributed by atoms with Crippen LogP contribution in [0.2, 0.25) is 0 Å². The van der Waals surface area contributed by atoms with Crippen molar-refractivity contribution in [1.82, 2.24) is 4.90 Å². The van der Waals surface area contributed by atoms with E-state index >= 15 is 0 Å². The summed E-state index contributed by atoms with van der Waals surface area (Å²) >= 11 is 0. The molecule has 0 amide bonds. The van der Waals surface area contributed by atoms with Crippen molar-refractivity contribution >= 4 is 5.97 Å². The number of carbonyl (C=O) groups is 1. The van der Waals surface area contributed by atoms with Crippen molar-refractivity contribution in [2.24, 2.45) is 11.8 Å². The third-order valence-corrected chi connectivity index (χ3v) is 5.16. The zero-order valence-electron chi connectivity index (χ0n) is 12.3. The summed E-state index contributed by atoms with van der Waals surface area (Å²) in [5.41, 5.74) is 0. The standard InChI is InChI=1S/C16H29NO2/c1-13-8-9-15(16(18)19)12-17(13)11-10-14-6-4-2-3-5-7-14/h13-15H,2-12H2,1H3,(H,18,19). The second kappa shape index (κ2) is 7.28. The highest BCUT2D eigenvalue weighted by Gasteiger charge is 2.29. The molecule has 1 aliphatic heterocycles. The third-order valence-electron chi connectivity index (χ3n) is 5.16. The van der Waals surface area contributed by atoms with Crippen molar-refractivity contribution in [3.63, 3.8) is 0 Å². The van der Waals surface area contributed by atoms with Gasteiger partial charge in [-0.1, -0.05) is 38.5 Å². The van der Waals surface area contributed by atoms with E-state index < -0.39 is 5.97 Å². The molecule has 2 atom stereocenters. The van der Waals surface area contributed by atoms with Gasteiger partial charge < -0.3 is 5.11 Å². The number of piperidine rings is 1. The molecular weight excluding hydrogens is 238 g/mol. The topological polar surface area (TPSA) is 40.5 Å². The monoisotopic (exact) mass is 267 g/mol. The molecule has 2 aliphatic rings. The van der Waals surface area contributed by atoms with Crippen molar-refractivity contribution in [1.29, 1.82) is 0 Å². The maximum Gasteiger partial charge on any atom is 0.307 e. The molecule has 1 saturated heterocycles. The molecule has 1 N–H and O–H groups in total. The van der Waals surface area contributed by atoms with Crippen LogP contribution in [0.5, 0.6) is 0 Å². The van der Waals surface area contributed by atoms with Crippen LogP contribution in [-0.4, -0.2) is 35.1 Å². The normalized spacial score (nSPS) is 31.0. The van der Waals surface area contributed by atoms with Crippen molar-refractivity contribution in [3.8, 4) is 0 Å². The second-order valence-corrected chi connectivity index (χ2v) is 6.60. The average Bonchev–Trinajstić information content (AvgIpc) is 2.66. The summed E-state index contributed by atoms with van der Waals surface area (Å²) in [6, 6.07) is 0.571. The molecule has 3 heteroatoms. The van der Waals surface area contributed by atoms with Crippen molar-refractivity contribution in [2.75, 3.05) is 13.1 Å². The number of hydrogen-bond acceptors (Lipinski definition) is 2. The Bertz CT molecular complexity index is 284. The van der Waals surface area contributed by atoms with E-state index in [-0.39, 0.29) is 5.92 Å². The Morgan fingerprint density at radius 2 is 1.79 bits per heavy atom. The van der Waals surface area contributed by atoms with Crippen LogP contribution in [0, 0.1) is 11.8 Å². The van der Waals surface area contributed by atoms with Gasteiger partial charge in [-0.15, -0.1) is 0 Å². The predicted molar refractivity (Wildman–Crippen MR) is 77.2 cm³/mol. The molecule has 3 nitrogen and oxygen atoms in total. The van der Waals surface area contributed by atoms with Crippen LogP contribution in [0.1, 0.15) is 64.7 Å². The van der Waals surface area contributed by atoms with Gasteiger partial charge in [0.05, 0.1) is 5.92 Å². The van der Waals surface area contributed by atoms with Crippen LogP contribution in [0.4, 0.5) is 0 Å². The van der Waals surface area contributed by atoms with Gasteiger partial charge in [0.1, 0.15) is 0 Å². The van der Waals surface area contributed by atoms with Crippen LogP contribution in [0.15, 0.2) is 0 Å². The van der Waals surface area contributed by atoms with Crippen LogP contribution in [-0.2, 0) is 4.79 Å². The van der Waals surface area contributed by atoms with Crippen LogP contribution < -0.4 is 0 Å². The Balaban J connectivity index is 1.77. The minimum Gasteiger partial charge on any atom is -0.481 e. The molecule has 2 unspecified atom stereocenters. The fourth-order valence-electron chi connectivity index (χ4n) is 3.69. The minimum atomic E-state index is -0.605. The van der Waals surface area contributed by atoms with Crippen LogP contribution in [0.25, 0.3) is 0 Å². The molecule has 2 rings (SSSR count). The molecule has 1 heterocycles. The molecule has 0 bridgehead atoms. The molecule has 110 valence electrons. The Hall–Kier alpha value is -0.570. The van der Waals surface area contributed by atoms with Gasteiger partial charge in [-0.05, 0) is 38.6 Å². The van der Waals surface area contributed by atoms with Crippen molar-refractivity contribution in [3.05, 3.63) is 0 Å². The van der Waals surface area contributed by atoms with Crippen LogP contribution >= 0.6 is 0 Å². The lowest BCUT2D eigenvalue weighted by atomic mass is 9.91. The van der Waals surface area contributed by atoms with Gasteiger partial charge in [0.15, 0.2) is 0 Å². The van der Waals surface area contributed by atoms with Crippen molar-refractivity contribution in [2.45, 2.75) is 70.8 Å². The number of carboxylic acids is 1. The first-order valence-corrected chi connectivity index (χ1v) is 8.13. The van der Waals surface area contributed by atoms with Gasteiger partial charge in [0.2, 0.25) is 0 Å². The average molecular weight is 267 g/mol. The maximum atomic E-state index is 11.1. The van der Waals surface area contributed by atoms with Gasteiger partial charge >= 0.3 is 5.97 Å². The summed E-state index contributed by atoms with van der Waals surface area (Å²) in [6.07, 6.45) is 11.6. The fraction of sp³-hybridized carbons (Fsp3) is 0.938. The number of carboxylic acid groups (broad SMARTS) is 1. The number of rotatable bonds is 4. The highest BCUT2D eigenvalue weighted by atomic mass is 16.4. The van der Waals surface area contributed by atoms with Gasteiger partial charge in [0.25, 0.3) is 0 Å². The Kier molecular flexibility index (Phi) is 5.68. The highest BCUT2D eigenvalue weighted by molar-refractivity contribution is 5.70. The first-order chi connectivity index (χ1) is 9.16. The predicted octanol–water partition coefficient (Wildman–Crippen LogP) is 3.53. The van der Waals surface area contributed by atoms with E-state index in [9.17, 15) is 4.79 Å². The lowest BCUT2D eigenvalue weighted by Gasteiger charge is -2.37. The van der Waals surface area contributed by atoms with Gasteiger partial charge in [-0.3, -0.25) is 9.69 Å². The van der Waals surface area contributed by atoms with Gasteiger partial charge in [0, 0.05) is 12.6 Å². The highest BCUT2D eigenvalue weighted by Crippen LogP contribution is 2.28. The van der Waals surface area contributed by atoms with E-state index in [0.29, 0.717) is 6.04 Å². The molecule has 0 aromatic heterocycles. The minimum absolute atomic E-state index is 0.134. The van der Waals surface area contributed by atoms with E-state index in [4.69, 9.17) is 5.11 Å². The smallest absolute Gasteiger partial charge is 0.307 e. The molecule has 0 aromatic carbocycles. The van der Waals surface area contributed by atoms with Crippen LogP contribution in [0.3, 0.4) is 0 Å². The molecular formula is C16H29NO2. The summed E-state index contributed by atoms with van der Waals surface area (Å²) in [6.45, 7) is 4.13. The zero-order chi connectivity index (χ0) is 13.7. The lowest BCUT2D eigenvalue weighted by Crippen LogP contribution is -2.44. The lowest BCUT2D eigenvalue weighted by molar-refractivity contribution is -0.144. The van der Waals surface area contributed by atoms with E-state index in [2.05, 4.69) is 11.8 Å². The Labute approximate surface area is 117 Å². The largest absolute Gasteiger partial charge is 0.481 e. The molecule has 2 fully saturated rings. The third kappa shape index (κ3) is 4.48. The second-order valence-electron chi connectivity index (χ2n) is 6.60. The van der Waals surface area contributed by atoms with Gasteiger partial charge in [-0.2, -0.15) is 0 Å². The molecule has 0 spiro atoms. The van der Waals surface area contributed by atoms with E-state index in [1.54, 1.807) is 0 Å². The molecule has 19 heavy (non-hydrogen) atoms. The Morgan fingerprint density at radius 3 is 2.42 bits per heavy atom. The summed E-state index contributed by atoms with van der Waals surface area (Å²) < 4.78 is 0. The summed E-state index contributed by atoms with van der Waals surface area (Å²) in [7, 11) is 0. The molecule has 0 aromatic rings. The van der Waals surface area contributed by atoms with Gasteiger partial charge in [-0.25, -0.2) is 0 Å². The summed E-state index contributed by atoms with van der Waals surface area (Å²) in [4.78, 5) is 13.6. The molecule has 1 aliphatic carbocycles. The first-order valence-electron chi connectivity index (χ1n) is 8.13. The molecule has 1 saturated carbocycles. The van der Waals surface area contributed by atoms with E-state index in [1.165, 1.54) is 44.9 Å².